The fourth-order valence-electron chi connectivity index (χ4n) is 1.37. The number of aliphatic hydroxyl groups is 1. The predicted molar refractivity (Wildman–Crippen MR) is 63.0 cm³/mol. The lowest BCUT2D eigenvalue weighted by atomic mass is 10.1. The fraction of sp³-hybridized carbons (Fsp3) is 0.308. The minimum atomic E-state index is -1.08. The molecule has 86 valence electrons. The molecule has 0 amide bonds. The Morgan fingerprint density at radius 1 is 1.44 bits per heavy atom. The molecule has 0 aliphatic heterocycles. The highest BCUT2D eigenvalue weighted by Crippen LogP contribution is 2.08. The standard InChI is InChI=1S/C13H16O3/c1-10(13(15)12(14)9-16-2)8-11-6-4-3-5-7-11/h3-8,12,14H,9H2,1-2H3/b10-8+/t12-/m1/s1. The number of ketones is 1. The quantitative estimate of drug-likeness (QED) is 0.768. The van der Waals surface area contributed by atoms with Crippen molar-refractivity contribution in [3.8, 4) is 0 Å². The van der Waals surface area contributed by atoms with Crippen molar-refractivity contribution in [1.82, 2.24) is 0 Å². The Morgan fingerprint density at radius 3 is 2.62 bits per heavy atom. The van der Waals surface area contributed by atoms with Gasteiger partial charge in [0, 0.05) is 7.11 Å². The monoisotopic (exact) mass is 220 g/mol. The van der Waals surface area contributed by atoms with Crippen LogP contribution in [-0.2, 0) is 9.53 Å². The Hall–Kier alpha value is -1.45. The van der Waals surface area contributed by atoms with Gasteiger partial charge < -0.3 is 9.84 Å². The Kier molecular flexibility index (Phi) is 4.89. The number of ether oxygens (including phenoxy) is 1. The molecular formula is C13H16O3. The Morgan fingerprint density at radius 2 is 2.06 bits per heavy atom. The SMILES string of the molecule is COC[C@@H](O)C(=O)/C(C)=C/c1ccccc1. The molecule has 0 aliphatic rings. The second-order valence-corrected chi connectivity index (χ2v) is 3.57. The highest BCUT2D eigenvalue weighted by Gasteiger charge is 2.15. The van der Waals surface area contributed by atoms with Gasteiger partial charge in [0.15, 0.2) is 5.78 Å². The summed E-state index contributed by atoms with van der Waals surface area (Å²) in [5.41, 5.74) is 1.47. The van der Waals surface area contributed by atoms with Gasteiger partial charge in [-0.1, -0.05) is 30.3 Å². The van der Waals surface area contributed by atoms with Crippen molar-refractivity contribution in [3.63, 3.8) is 0 Å². The van der Waals surface area contributed by atoms with E-state index < -0.39 is 6.10 Å². The molecule has 1 rings (SSSR count). The third-order valence-electron chi connectivity index (χ3n) is 2.20. The minimum absolute atomic E-state index is 0.0266. The zero-order valence-electron chi connectivity index (χ0n) is 9.51. The zero-order valence-corrected chi connectivity index (χ0v) is 9.51. The third kappa shape index (κ3) is 3.61. The van der Waals surface area contributed by atoms with Gasteiger partial charge in [-0.3, -0.25) is 4.79 Å². The van der Waals surface area contributed by atoms with Gasteiger partial charge in [-0.25, -0.2) is 0 Å². The van der Waals surface area contributed by atoms with Gasteiger partial charge in [0.25, 0.3) is 0 Å². The molecule has 0 bridgehead atoms. The van der Waals surface area contributed by atoms with Crippen LogP contribution in [0.1, 0.15) is 12.5 Å². The number of hydrogen-bond donors (Lipinski definition) is 1. The molecule has 0 radical (unpaired) electrons. The molecule has 0 spiro atoms. The summed E-state index contributed by atoms with van der Waals surface area (Å²) in [6.45, 7) is 1.72. The van der Waals surface area contributed by atoms with E-state index in [1.165, 1.54) is 7.11 Å². The normalized spacial score (nSPS) is 13.6. The van der Waals surface area contributed by atoms with E-state index in [0.29, 0.717) is 5.57 Å². The average molecular weight is 220 g/mol. The molecule has 0 unspecified atom stereocenters. The molecule has 0 fully saturated rings. The molecule has 0 aliphatic carbocycles. The smallest absolute Gasteiger partial charge is 0.189 e. The van der Waals surface area contributed by atoms with Crippen molar-refractivity contribution in [3.05, 3.63) is 41.5 Å². The number of Topliss-reactive ketones (excluding diaryl/α,β-unsaturated/α-hetero) is 1. The van der Waals surface area contributed by atoms with Crippen LogP contribution >= 0.6 is 0 Å². The van der Waals surface area contributed by atoms with Gasteiger partial charge in [-0.2, -0.15) is 0 Å². The van der Waals surface area contributed by atoms with E-state index >= 15 is 0 Å². The maximum atomic E-state index is 11.6. The summed E-state index contributed by atoms with van der Waals surface area (Å²) < 4.78 is 4.73. The van der Waals surface area contributed by atoms with Crippen LogP contribution in [0, 0.1) is 0 Å². The molecule has 3 nitrogen and oxygen atoms in total. The van der Waals surface area contributed by atoms with Crippen molar-refractivity contribution in [2.75, 3.05) is 13.7 Å². The largest absolute Gasteiger partial charge is 0.383 e. The molecule has 16 heavy (non-hydrogen) atoms. The van der Waals surface area contributed by atoms with Crippen molar-refractivity contribution < 1.29 is 14.6 Å². The van der Waals surface area contributed by atoms with Crippen LogP contribution in [0.15, 0.2) is 35.9 Å². The van der Waals surface area contributed by atoms with E-state index in [0.717, 1.165) is 5.56 Å². The van der Waals surface area contributed by atoms with Crippen LogP contribution < -0.4 is 0 Å². The van der Waals surface area contributed by atoms with Crippen LogP contribution in [0.5, 0.6) is 0 Å². The molecule has 0 aromatic heterocycles. The lowest BCUT2D eigenvalue weighted by Gasteiger charge is -2.08. The number of benzene rings is 1. The summed E-state index contributed by atoms with van der Waals surface area (Å²) in [4.78, 5) is 11.6. The van der Waals surface area contributed by atoms with Crippen molar-refractivity contribution in [2.45, 2.75) is 13.0 Å². The van der Waals surface area contributed by atoms with Gasteiger partial charge in [0.05, 0.1) is 6.61 Å². The molecule has 3 heteroatoms. The maximum Gasteiger partial charge on any atom is 0.189 e. The Labute approximate surface area is 95.4 Å². The van der Waals surface area contributed by atoms with E-state index in [1.807, 2.05) is 30.3 Å². The Bertz CT molecular complexity index is 368. The summed E-state index contributed by atoms with van der Waals surface area (Å²) >= 11 is 0. The van der Waals surface area contributed by atoms with Crippen LogP contribution in [0.3, 0.4) is 0 Å². The summed E-state index contributed by atoms with van der Waals surface area (Å²) in [6.07, 6.45) is 0.672. The van der Waals surface area contributed by atoms with Crippen LogP contribution in [0.2, 0.25) is 0 Å². The third-order valence-corrected chi connectivity index (χ3v) is 2.20. The molecule has 0 saturated carbocycles. The minimum Gasteiger partial charge on any atom is -0.383 e. The van der Waals surface area contributed by atoms with Gasteiger partial charge in [-0.15, -0.1) is 0 Å². The summed E-state index contributed by atoms with van der Waals surface area (Å²) in [5, 5.41) is 9.45. The second-order valence-electron chi connectivity index (χ2n) is 3.57. The predicted octanol–water partition coefficient (Wildman–Crippen LogP) is 1.67. The van der Waals surface area contributed by atoms with Gasteiger partial charge >= 0.3 is 0 Å². The van der Waals surface area contributed by atoms with E-state index in [1.54, 1.807) is 13.0 Å². The number of methoxy groups -OCH3 is 1. The first kappa shape index (κ1) is 12.6. The van der Waals surface area contributed by atoms with E-state index in [4.69, 9.17) is 4.74 Å². The highest BCUT2D eigenvalue weighted by molar-refractivity contribution is 6.01. The summed E-state index contributed by atoms with van der Waals surface area (Å²) in [7, 11) is 1.45. The van der Waals surface area contributed by atoms with Crippen LogP contribution in [-0.4, -0.2) is 30.7 Å². The van der Waals surface area contributed by atoms with E-state index in [-0.39, 0.29) is 12.4 Å². The number of hydrogen-bond acceptors (Lipinski definition) is 3. The van der Waals surface area contributed by atoms with E-state index in [2.05, 4.69) is 0 Å². The number of carbonyl (C=O) groups excluding carboxylic acids is 1. The molecular weight excluding hydrogens is 204 g/mol. The van der Waals surface area contributed by atoms with Crippen molar-refractivity contribution in [2.24, 2.45) is 0 Å². The number of rotatable bonds is 5. The first-order valence-electron chi connectivity index (χ1n) is 5.09. The van der Waals surface area contributed by atoms with Crippen LogP contribution in [0.25, 0.3) is 6.08 Å². The number of carbonyl (C=O) groups is 1. The Balaban J connectivity index is 2.74. The number of aliphatic hydroxyl groups excluding tert-OH is 1. The van der Waals surface area contributed by atoms with E-state index in [9.17, 15) is 9.90 Å². The maximum absolute atomic E-state index is 11.6. The molecule has 0 saturated heterocycles. The first-order valence-corrected chi connectivity index (χ1v) is 5.09. The first-order chi connectivity index (χ1) is 7.65. The average Bonchev–Trinajstić information content (AvgIpc) is 2.29. The highest BCUT2D eigenvalue weighted by atomic mass is 16.5. The van der Waals surface area contributed by atoms with Crippen molar-refractivity contribution in [1.29, 1.82) is 0 Å². The van der Waals surface area contributed by atoms with Crippen LogP contribution in [0.4, 0.5) is 0 Å². The van der Waals surface area contributed by atoms with Gasteiger partial charge in [-0.05, 0) is 24.1 Å². The zero-order chi connectivity index (χ0) is 12.0. The van der Waals surface area contributed by atoms with Gasteiger partial charge in [0.1, 0.15) is 6.10 Å². The topological polar surface area (TPSA) is 46.5 Å². The fourth-order valence-corrected chi connectivity index (χ4v) is 1.37. The molecule has 0 heterocycles. The molecule has 1 aromatic rings. The lowest BCUT2D eigenvalue weighted by molar-refractivity contribution is -0.125. The molecule has 1 aromatic carbocycles. The summed E-state index contributed by atoms with van der Waals surface area (Å²) in [6, 6.07) is 9.51. The lowest BCUT2D eigenvalue weighted by Crippen LogP contribution is -2.25. The molecule has 1 atom stereocenters. The summed E-state index contributed by atoms with van der Waals surface area (Å²) in [5.74, 6) is -0.300. The van der Waals surface area contributed by atoms with Gasteiger partial charge in [0.2, 0.25) is 0 Å². The van der Waals surface area contributed by atoms with Crippen molar-refractivity contribution >= 4 is 11.9 Å². The second kappa shape index (κ2) is 6.20. The molecule has 1 N–H and O–H groups in total.